The second-order valence-corrected chi connectivity index (χ2v) is 5.12. The van der Waals surface area contributed by atoms with E-state index in [2.05, 4.69) is 15.5 Å². The summed E-state index contributed by atoms with van der Waals surface area (Å²) in [5.41, 5.74) is 0. The van der Waals surface area contributed by atoms with Crippen LogP contribution in [0.3, 0.4) is 0 Å². The molecule has 17 heavy (non-hydrogen) atoms. The number of hydrogen-bond acceptors (Lipinski definition) is 3. The van der Waals surface area contributed by atoms with Crippen molar-refractivity contribution in [2.45, 2.75) is 32.2 Å². The lowest BCUT2D eigenvalue weighted by Gasteiger charge is -2.22. The Morgan fingerprint density at radius 2 is 2.24 bits per heavy atom. The van der Waals surface area contributed by atoms with Crippen LogP contribution in [0.2, 0.25) is 0 Å². The molecule has 5 heteroatoms. The zero-order valence-electron chi connectivity index (χ0n) is 10.4. The second kappa shape index (κ2) is 5.49. The molecule has 2 aliphatic heterocycles. The number of nitrogens with zero attached hydrogens (tertiary/aromatic N) is 1. The second-order valence-electron chi connectivity index (χ2n) is 5.12. The summed E-state index contributed by atoms with van der Waals surface area (Å²) >= 11 is 0. The van der Waals surface area contributed by atoms with Crippen molar-refractivity contribution in [1.29, 1.82) is 0 Å². The Morgan fingerprint density at radius 3 is 2.82 bits per heavy atom. The molecule has 2 saturated heterocycles. The summed E-state index contributed by atoms with van der Waals surface area (Å²) in [7, 11) is 0. The van der Waals surface area contributed by atoms with Crippen molar-refractivity contribution in [3.63, 3.8) is 0 Å². The number of hydrogen-bond donors (Lipinski definition) is 2. The molecule has 2 atom stereocenters. The molecule has 0 saturated carbocycles. The monoisotopic (exact) mass is 239 g/mol. The molecule has 0 radical (unpaired) electrons. The Labute approximate surface area is 102 Å². The van der Waals surface area contributed by atoms with E-state index in [9.17, 15) is 9.59 Å². The zero-order chi connectivity index (χ0) is 12.3. The number of carbonyl (C=O) groups is 2. The van der Waals surface area contributed by atoms with Crippen LogP contribution in [0.5, 0.6) is 0 Å². The normalized spacial score (nSPS) is 26.9. The van der Waals surface area contributed by atoms with E-state index in [4.69, 9.17) is 0 Å². The molecule has 2 amide bonds. The van der Waals surface area contributed by atoms with Gasteiger partial charge in [0.05, 0.1) is 5.92 Å². The highest BCUT2D eigenvalue weighted by Crippen LogP contribution is 2.10. The lowest BCUT2D eigenvalue weighted by atomic mass is 10.1. The van der Waals surface area contributed by atoms with E-state index in [1.165, 1.54) is 12.8 Å². The first-order valence-electron chi connectivity index (χ1n) is 6.44. The molecule has 0 aromatic carbocycles. The van der Waals surface area contributed by atoms with Gasteiger partial charge in [0.2, 0.25) is 11.8 Å². The largest absolute Gasteiger partial charge is 0.355 e. The number of nitrogens with one attached hydrogen (secondary N) is 2. The summed E-state index contributed by atoms with van der Waals surface area (Å²) in [6, 6.07) is 0.163. The Hall–Kier alpha value is -1.10. The van der Waals surface area contributed by atoms with Crippen LogP contribution in [0.4, 0.5) is 0 Å². The highest BCUT2D eigenvalue weighted by Gasteiger charge is 2.28. The molecule has 96 valence electrons. The van der Waals surface area contributed by atoms with Gasteiger partial charge in [-0.3, -0.25) is 9.59 Å². The Balaban J connectivity index is 1.71. The predicted molar refractivity (Wildman–Crippen MR) is 64.4 cm³/mol. The maximum atomic E-state index is 11.9. The zero-order valence-corrected chi connectivity index (χ0v) is 10.4. The Kier molecular flexibility index (Phi) is 3.99. The average Bonchev–Trinajstić information content (AvgIpc) is 2.89. The molecule has 2 heterocycles. The van der Waals surface area contributed by atoms with Crippen LogP contribution >= 0.6 is 0 Å². The van der Waals surface area contributed by atoms with Gasteiger partial charge in [0.1, 0.15) is 0 Å². The van der Waals surface area contributed by atoms with Crippen LogP contribution in [0.25, 0.3) is 0 Å². The molecule has 5 nitrogen and oxygen atoms in total. The van der Waals surface area contributed by atoms with E-state index in [-0.39, 0.29) is 23.8 Å². The summed E-state index contributed by atoms with van der Waals surface area (Å²) < 4.78 is 0. The van der Waals surface area contributed by atoms with Crippen LogP contribution in [-0.4, -0.2) is 48.9 Å². The van der Waals surface area contributed by atoms with Gasteiger partial charge >= 0.3 is 0 Å². The molecular weight excluding hydrogens is 218 g/mol. The Bertz CT molecular complexity index is 300. The first kappa shape index (κ1) is 12.4. The summed E-state index contributed by atoms with van der Waals surface area (Å²) in [6.07, 6.45) is 2.87. The van der Waals surface area contributed by atoms with Crippen molar-refractivity contribution >= 4 is 11.8 Å². The number of carbonyl (C=O) groups excluding carboxylic acids is 2. The fourth-order valence-electron chi connectivity index (χ4n) is 2.55. The maximum Gasteiger partial charge on any atom is 0.225 e. The standard InChI is InChI=1S/C12H21N3O2/c1-9(8-15-4-2-3-5-15)14-12(17)10-6-11(16)13-7-10/h9-10H,2-8H2,1H3,(H,13,16)(H,14,17). The van der Waals surface area contributed by atoms with Gasteiger partial charge in [0.25, 0.3) is 0 Å². The van der Waals surface area contributed by atoms with Crippen molar-refractivity contribution < 1.29 is 9.59 Å². The van der Waals surface area contributed by atoms with Gasteiger partial charge in [-0.2, -0.15) is 0 Å². The quantitative estimate of drug-likeness (QED) is 0.709. The third kappa shape index (κ3) is 3.43. The van der Waals surface area contributed by atoms with Gasteiger partial charge in [-0.05, 0) is 32.9 Å². The Morgan fingerprint density at radius 1 is 1.53 bits per heavy atom. The summed E-state index contributed by atoms with van der Waals surface area (Å²) in [6.45, 7) is 5.72. The van der Waals surface area contributed by atoms with Gasteiger partial charge in [0, 0.05) is 25.6 Å². The van der Waals surface area contributed by atoms with Gasteiger partial charge in [0.15, 0.2) is 0 Å². The smallest absolute Gasteiger partial charge is 0.225 e. The molecule has 2 aliphatic rings. The predicted octanol–water partition coefficient (Wildman–Crippen LogP) is -0.277. The minimum Gasteiger partial charge on any atom is -0.355 e. The lowest BCUT2D eigenvalue weighted by Crippen LogP contribution is -2.43. The van der Waals surface area contributed by atoms with E-state index in [0.29, 0.717) is 13.0 Å². The number of rotatable bonds is 4. The van der Waals surface area contributed by atoms with Crippen LogP contribution < -0.4 is 10.6 Å². The molecule has 2 unspecified atom stereocenters. The van der Waals surface area contributed by atoms with Crippen molar-refractivity contribution in [3.05, 3.63) is 0 Å². The topological polar surface area (TPSA) is 61.4 Å². The lowest BCUT2D eigenvalue weighted by molar-refractivity contribution is -0.127. The molecule has 2 N–H and O–H groups in total. The van der Waals surface area contributed by atoms with Gasteiger partial charge in [-0.15, -0.1) is 0 Å². The van der Waals surface area contributed by atoms with Crippen molar-refractivity contribution in [3.8, 4) is 0 Å². The SMILES string of the molecule is CC(CN1CCCC1)NC(=O)C1CNC(=O)C1. The summed E-state index contributed by atoms with van der Waals surface area (Å²) in [5.74, 6) is -0.184. The molecule has 0 spiro atoms. The van der Waals surface area contributed by atoms with Gasteiger partial charge in [-0.25, -0.2) is 0 Å². The molecule has 0 aromatic heterocycles. The molecule has 0 aliphatic carbocycles. The van der Waals surface area contributed by atoms with Crippen LogP contribution in [0, 0.1) is 5.92 Å². The highest BCUT2D eigenvalue weighted by molar-refractivity contribution is 5.89. The van der Waals surface area contributed by atoms with E-state index in [1.54, 1.807) is 0 Å². The number of likely N-dealkylation sites (tertiary alicyclic amines) is 1. The van der Waals surface area contributed by atoms with Crippen molar-refractivity contribution in [1.82, 2.24) is 15.5 Å². The minimum absolute atomic E-state index is 0.00930. The van der Waals surface area contributed by atoms with E-state index in [0.717, 1.165) is 19.6 Å². The summed E-state index contributed by atoms with van der Waals surface area (Å²) in [4.78, 5) is 25.3. The fraction of sp³-hybridized carbons (Fsp3) is 0.833. The van der Waals surface area contributed by atoms with E-state index >= 15 is 0 Å². The van der Waals surface area contributed by atoms with E-state index in [1.807, 2.05) is 6.92 Å². The highest BCUT2D eigenvalue weighted by atomic mass is 16.2. The van der Waals surface area contributed by atoms with Crippen LogP contribution in [-0.2, 0) is 9.59 Å². The van der Waals surface area contributed by atoms with Gasteiger partial charge < -0.3 is 15.5 Å². The van der Waals surface area contributed by atoms with Crippen molar-refractivity contribution in [2.24, 2.45) is 5.92 Å². The number of amides is 2. The molecule has 0 aromatic rings. The molecular formula is C12H21N3O2. The third-order valence-corrected chi connectivity index (χ3v) is 3.47. The summed E-state index contributed by atoms with van der Waals surface area (Å²) in [5, 5.41) is 5.68. The molecule has 2 rings (SSSR count). The van der Waals surface area contributed by atoms with Crippen LogP contribution in [0.1, 0.15) is 26.2 Å². The van der Waals surface area contributed by atoms with Crippen molar-refractivity contribution in [2.75, 3.05) is 26.2 Å². The fourth-order valence-corrected chi connectivity index (χ4v) is 2.55. The maximum absolute atomic E-state index is 11.9. The van der Waals surface area contributed by atoms with Crippen LogP contribution in [0.15, 0.2) is 0 Å². The third-order valence-electron chi connectivity index (χ3n) is 3.47. The average molecular weight is 239 g/mol. The minimum atomic E-state index is -0.177. The van der Waals surface area contributed by atoms with E-state index < -0.39 is 0 Å². The first-order valence-corrected chi connectivity index (χ1v) is 6.44. The first-order chi connectivity index (χ1) is 8.15. The molecule has 2 fully saturated rings. The molecule has 0 bridgehead atoms. The van der Waals surface area contributed by atoms with Gasteiger partial charge in [-0.1, -0.05) is 0 Å².